The van der Waals surface area contributed by atoms with Crippen molar-refractivity contribution in [1.29, 1.82) is 0 Å². The van der Waals surface area contributed by atoms with Gasteiger partial charge in [-0.2, -0.15) is 0 Å². The monoisotopic (exact) mass is 429 g/mol. The highest BCUT2D eigenvalue weighted by molar-refractivity contribution is 7.89. The Morgan fingerprint density at radius 2 is 1.73 bits per heavy atom. The van der Waals surface area contributed by atoms with Gasteiger partial charge in [0.05, 0.1) is 4.90 Å². The van der Waals surface area contributed by atoms with Gasteiger partial charge in [-0.1, -0.05) is 50.2 Å². The Balaban J connectivity index is 1.78. The van der Waals surface area contributed by atoms with E-state index in [1.54, 1.807) is 36.4 Å². The van der Waals surface area contributed by atoms with E-state index in [-0.39, 0.29) is 22.8 Å². The molecule has 30 heavy (non-hydrogen) atoms. The SMILES string of the molecule is CC(C)CC(=O)NC(C(=O)Nc1cccc(S(=O)(=O)NC2CC2)c1)c1ccccc1. The summed E-state index contributed by atoms with van der Waals surface area (Å²) >= 11 is 0. The summed E-state index contributed by atoms with van der Waals surface area (Å²) in [6, 6.07) is 14.1. The molecule has 3 N–H and O–H groups in total. The van der Waals surface area contributed by atoms with Gasteiger partial charge >= 0.3 is 0 Å². The lowest BCUT2D eigenvalue weighted by Gasteiger charge is -2.20. The van der Waals surface area contributed by atoms with Crippen LogP contribution in [0.2, 0.25) is 0 Å². The number of carbonyl (C=O) groups is 2. The third kappa shape index (κ3) is 6.14. The van der Waals surface area contributed by atoms with Crippen LogP contribution in [0.3, 0.4) is 0 Å². The molecular formula is C22H27N3O4S. The van der Waals surface area contributed by atoms with Crippen molar-refractivity contribution in [2.75, 3.05) is 5.32 Å². The average Bonchev–Trinajstić information content (AvgIpc) is 3.49. The van der Waals surface area contributed by atoms with E-state index in [4.69, 9.17) is 0 Å². The zero-order chi connectivity index (χ0) is 21.7. The van der Waals surface area contributed by atoms with Gasteiger partial charge in [-0.25, -0.2) is 13.1 Å². The van der Waals surface area contributed by atoms with Gasteiger partial charge < -0.3 is 10.6 Å². The van der Waals surface area contributed by atoms with E-state index in [0.717, 1.165) is 12.8 Å². The summed E-state index contributed by atoms with van der Waals surface area (Å²) < 4.78 is 27.5. The predicted octanol–water partition coefficient (Wildman–Crippen LogP) is 2.97. The maximum atomic E-state index is 13.0. The van der Waals surface area contributed by atoms with Gasteiger partial charge in [-0.15, -0.1) is 0 Å². The molecule has 7 nitrogen and oxygen atoms in total. The fourth-order valence-electron chi connectivity index (χ4n) is 2.98. The van der Waals surface area contributed by atoms with Crippen LogP contribution in [-0.2, 0) is 19.6 Å². The third-order valence-electron chi connectivity index (χ3n) is 4.61. The number of rotatable bonds is 9. The first-order valence-corrected chi connectivity index (χ1v) is 11.5. The van der Waals surface area contributed by atoms with Crippen molar-refractivity contribution in [3.8, 4) is 0 Å². The quantitative estimate of drug-likeness (QED) is 0.570. The van der Waals surface area contributed by atoms with E-state index in [9.17, 15) is 18.0 Å². The zero-order valence-corrected chi connectivity index (χ0v) is 17.9. The van der Waals surface area contributed by atoms with Crippen LogP contribution in [0.4, 0.5) is 5.69 Å². The molecule has 3 rings (SSSR count). The van der Waals surface area contributed by atoms with E-state index in [1.807, 2.05) is 19.9 Å². The van der Waals surface area contributed by atoms with Crippen molar-refractivity contribution in [2.24, 2.45) is 5.92 Å². The molecule has 1 unspecified atom stereocenters. The number of nitrogens with one attached hydrogen (secondary N) is 3. The smallest absolute Gasteiger partial charge is 0.251 e. The summed E-state index contributed by atoms with van der Waals surface area (Å²) in [4.78, 5) is 25.4. The van der Waals surface area contributed by atoms with Crippen LogP contribution < -0.4 is 15.4 Å². The van der Waals surface area contributed by atoms with Crippen molar-refractivity contribution < 1.29 is 18.0 Å². The fraction of sp³-hybridized carbons (Fsp3) is 0.364. The molecule has 8 heteroatoms. The highest BCUT2D eigenvalue weighted by Gasteiger charge is 2.28. The molecule has 0 spiro atoms. The van der Waals surface area contributed by atoms with Crippen LogP contribution in [-0.4, -0.2) is 26.3 Å². The van der Waals surface area contributed by atoms with Crippen LogP contribution in [0.15, 0.2) is 59.5 Å². The number of anilines is 1. The van der Waals surface area contributed by atoms with Gasteiger partial charge in [0.2, 0.25) is 15.9 Å². The van der Waals surface area contributed by atoms with Gasteiger partial charge in [-0.3, -0.25) is 9.59 Å². The molecule has 0 saturated heterocycles. The number of benzene rings is 2. The summed E-state index contributed by atoms with van der Waals surface area (Å²) in [5, 5.41) is 5.52. The summed E-state index contributed by atoms with van der Waals surface area (Å²) in [7, 11) is -3.63. The van der Waals surface area contributed by atoms with Gasteiger partial charge in [0, 0.05) is 18.2 Å². The normalized spacial score (nSPS) is 14.9. The van der Waals surface area contributed by atoms with Crippen molar-refractivity contribution in [1.82, 2.24) is 10.0 Å². The molecule has 2 aromatic rings. The second kappa shape index (κ2) is 9.40. The number of sulfonamides is 1. The highest BCUT2D eigenvalue weighted by Crippen LogP contribution is 2.24. The lowest BCUT2D eigenvalue weighted by atomic mass is 10.0. The Morgan fingerprint density at radius 3 is 2.37 bits per heavy atom. The minimum Gasteiger partial charge on any atom is -0.341 e. The molecule has 0 heterocycles. The summed E-state index contributed by atoms with van der Waals surface area (Å²) in [6.07, 6.45) is 1.98. The maximum absolute atomic E-state index is 13.0. The minimum atomic E-state index is -3.63. The topological polar surface area (TPSA) is 104 Å². The maximum Gasteiger partial charge on any atom is 0.251 e. The molecule has 2 amide bonds. The van der Waals surface area contributed by atoms with E-state index < -0.39 is 22.0 Å². The Hall–Kier alpha value is -2.71. The molecule has 0 aliphatic heterocycles. The molecule has 0 radical (unpaired) electrons. The molecule has 1 aliphatic rings. The van der Waals surface area contributed by atoms with Crippen molar-refractivity contribution in [3.63, 3.8) is 0 Å². The lowest BCUT2D eigenvalue weighted by molar-refractivity contribution is -0.127. The molecule has 1 atom stereocenters. The van der Waals surface area contributed by atoms with Gasteiger partial charge in [0.25, 0.3) is 5.91 Å². The number of amides is 2. The van der Waals surface area contributed by atoms with E-state index in [2.05, 4.69) is 15.4 Å². The first-order chi connectivity index (χ1) is 14.2. The van der Waals surface area contributed by atoms with E-state index in [0.29, 0.717) is 17.7 Å². The van der Waals surface area contributed by atoms with E-state index in [1.165, 1.54) is 12.1 Å². The molecular weight excluding hydrogens is 402 g/mol. The minimum absolute atomic E-state index is 0.00752. The Morgan fingerprint density at radius 1 is 1.03 bits per heavy atom. The second-order valence-electron chi connectivity index (χ2n) is 7.92. The van der Waals surface area contributed by atoms with Crippen LogP contribution in [0.5, 0.6) is 0 Å². The first-order valence-electron chi connectivity index (χ1n) is 10.0. The molecule has 1 saturated carbocycles. The molecule has 0 aromatic heterocycles. The van der Waals surface area contributed by atoms with Crippen LogP contribution in [0.25, 0.3) is 0 Å². The Kier molecular flexibility index (Phi) is 6.89. The molecule has 1 fully saturated rings. The first kappa shape index (κ1) is 22.0. The lowest BCUT2D eigenvalue weighted by Crippen LogP contribution is -2.37. The van der Waals surface area contributed by atoms with Crippen LogP contribution >= 0.6 is 0 Å². The summed E-state index contributed by atoms with van der Waals surface area (Å²) in [6.45, 7) is 3.86. The molecule has 1 aliphatic carbocycles. The van der Waals surface area contributed by atoms with Crippen LogP contribution in [0.1, 0.15) is 44.7 Å². The summed E-state index contributed by atoms with van der Waals surface area (Å²) in [5.74, 6) is -0.507. The predicted molar refractivity (Wildman–Crippen MR) is 115 cm³/mol. The fourth-order valence-corrected chi connectivity index (χ4v) is 4.33. The number of hydrogen-bond acceptors (Lipinski definition) is 4. The second-order valence-corrected chi connectivity index (χ2v) is 9.64. The van der Waals surface area contributed by atoms with Crippen molar-refractivity contribution in [2.45, 2.75) is 50.1 Å². The van der Waals surface area contributed by atoms with Crippen molar-refractivity contribution in [3.05, 3.63) is 60.2 Å². The van der Waals surface area contributed by atoms with Crippen molar-refractivity contribution >= 4 is 27.5 Å². The van der Waals surface area contributed by atoms with Crippen LogP contribution in [0, 0.1) is 5.92 Å². The largest absolute Gasteiger partial charge is 0.341 e. The molecule has 2 aromatic carbocycles. The molecule has 0 bridgehead atoms. The number of carbonyl (C=O) groups excluding carboxylic acids is 2. The van der Waals surface area contributed by atoms with Gasteiger partial charge in [0.1, 0.15) is 6.04 Å². The third-order valence-corrected chi connectivity index (χ3v) is 6.12. The van der Waals surface area contributed by atoms with Gasteiger partial charge in [-0.05, 0) is 42.5 Å². The van der Waals surface area contributed by atoms with Gasteiger partial charge in [0.15, 0.2) is 0 Å². The Labute approximate surface area is 177 Å². The summed E-state index contributed by atoms with van der Waals surface area (Å²) in [5.41, 5.74) is 0.990. The number of hydrogen-bond donors (Lipinski definition) is 3. The Bertz CT molecular complexity index is 1000. The standard InChI is InChI=1S/C22H27N3O4S/c1-15(2)13-20(26)24-21(16-7-4-3-5-8-16)22(27)23-18-9-6-10-19(14-18)30(28,29)25-17-11-12-17/h3-10,14-15,17,21,25H,11-13H2,1-2H3,(H,23,27)(H,24,26). The molecule has 160 valence electrons. The zero-order valence-electron chi connectivity index (χ0n) is 17.1. The average molecular weight is 430 g/mol. The highest BCUT2D eigenvalue weighted by atomic mass is 32.2. The van der Waals surface area contributed by atoms with E-state index >= 15 is 0 Å².